The summed E-state index contributed by atoms with van der Waals surface area (Å²) in [6.07, 6.45) is 1.87. The summed E-state index contributed by atoms with van der Waals surface area (Å²) in [7, 11) is 0. The van der Waals surface area contributed by atoms with Gasteiger partial charge in [-0.1, -0.05) is 25.1 Å². The molecule has 0 saturated carbocycles. The lowest BCUT2D eigenvalue weighted by Gasteiger charge is -2.28. The van der Waals surface area contributed by atoms with Crippen molar-refractivity contribution in [1.29, 1.82) is 0 Å². The Balaban J connectivity index is 2.02. The second-order valence-corrected chi connectivity index (χ2v) is 4.93. The molecule has 0 bridgehead atoms. The molecule has 3 nitrogen and oxygen atoms in total. The fraction of sp³-hybridized carbons (Fsp3) is 0.538. The molecule has 0 aromatic heterocycles. The monoisotopic (exact) mass is 221 g/mol. The Morgan fingerprint density at radius 1 is 1.50 bits per heavy atom. The number of benzene rings is 1. The van der Waals surface area contributed by atoms with Crippen LogP contribution in [0.15, 0.2) is 24.3 Å². The van der Waals surface area contributed by atoms with Gasteiger partial charge in [-0.3, -0.25) is 0 Å². The highest BCUT2D eigenvalue weighted by molar-refractivity contribution is 5.37. The molecule has 16 heavy (non-hydrogen) atoms. The molecule has 0 spiro atoms. The molecule has 1 aliphatic rings. The summed E-state index contributed by atoms with van der Waals surface area (Å²) in [5.74, 6) is 0.977. The molecule has 88 valence electrons. The zero-order chi connectivity index (χ0) is 11.6. The molecule has 3 N–H and O–H groups in total. The van der Waals surface area contributed by atoms with E-state index < -0.39 is 0 Å². The Bertz CT molecular complexity index is 336. The molecular formula is C13H19NO2. The summed E-state index contributed by atoms with van der Waals surface area (Å²) in [4.78, 5) is 0. The van der Waals surface area contributed by atoms with Gasteiger partial charge in [0.25, 0.3) is 0 Å². The van der Waals surface area contributed by atoms with Gasteiger partial charge in [-0.25, -0.2) is 0 Å². The van der Waals surface area contributed by atoms with E-state index in [0.29, 0.717) is 6.54 Å². The van der Waals surface area contributed by atoms with E-state index in [9.17, 15) is 5.11 Å². The lowest BCUT2D eigenvalue weighted by Crippen LogP contribution is -2.36. The van der Waals surface area contributed by atoms with Crippen molar-refractivity contribution in [3.05, 3.63) is 29.8 Å². The van der Waals surface area contributed by atoms with Crippen LogP contribution in [0.25, 0.3) is 0 Å². The van der Waals surface area contributed by atoms with Crippen LogP contribution in [0.1, 0.15) is 18.9 Å². The van der Waals surface area contributed by atoms with Gasteiger partial charge in [-0.05, 0) is 18.1 Å². The number of aliphatic hydroxyl groups is 1. The summed E-state index contributed by atoms with van der Waals surface area (Å²) in [6.45, 7) is 2.60. The lowest BCUT2D eigenvalue weighted by atomic mass is 9.84. The number of aliphatic hydroxyl groups excluding tert-OH is 1. The first-order valence-electron chi connectivity index (χ1n) is 5.72. The van der Waals surface area contributed by atoms with Crippen molar-refractivity contribution in [1.82, 2.24) is 0 Å². The van der Waals surface area contributed by atoms with Gasteiger partial charge in [0, 0.05) is 25.0 Å². The second-order valence-electron chi connectivity index (χ2n) is 4.93. The number of para-hydroxylation sites is 1. The molecule has 3 heteroatoms. The minimum atomic E-state index is -0.229. The number of nitrogens with two attached hydrogens (primary N) is 1. The molecule has 0 saturated heterocycles. The quantitative estimate of drug-likeness (QED) is 0.806. The van der Waals surface area contributed by atoms with Crippen molar-refractivity contribution in [2.45, 2.75) is 25.9 Å². The summed E-state index contributed by atoms with van der Waals surface area (Å²) in [6, 6.07) is 8.09. The van der Waals surface area contributed by atoms with Crippen molar-refractivity contribution < 1.29 is 9.84 Å². The molecule has 2 atom stereocenters. The second kappa shape index (κ2) is 4.44. The summed E-state index contributed by atoms with van der Waals surface area (Å²) in [5, 5.41) is 9.33. The average molecular weight is 221 g/mol. The van der Waals surface area contributed by atoms with Crippen molar-refractivity contribution >= 4 is 0 Å². The standard InChI is InChI=1S/C13H19NO2/c1-13(8-14,9-15)7-11-6-10-4-2-3-5-12(10)16-11/h2-5,11,15H,6-9,14H2,1H3. The Morgan fingerprint density at radius 3 is 2.88 bits per heavy atom. The maximum atomic E-state index is 9.33. The predicted octanol–water partition coefficient (Wildman–Crippen LogP) is 1.34. The topological polar surface area (TPSA) is 55.5 Å². The molecule has 0 radical (unpaired) electrons. The third-order valence-corrected chi connectivity index (χ3v) is 3.31. The summed E-state index contributed by atoms with van der Waals surface area (Å²) < 4.78 is 5.84. The molecule has 0 amide bonds. The Hall–Kier alpha value is -1.06. The average Bonchev–Trinajstić information content (AvgIpc) is 2.70. The molecule has 1 aromatic rings. The molecule has 1 aromatic carbocycles. The van der Waals surface area contributed by atoms with E-state index in [1.807, 2.05) is 25.1 Å². The van der Waals surface area contributed by atoms with Crippen LogP contribution in [-0.2, 0) is 6.42 Å². The van der Waals surface area contributed by atoms with E-state index in [1.54, 1.807) is 0 Å². The van der Waals surface area contributed by atoms with E-state index >= 15 is 0 Å². The Morgan fingerprint density at radius 2 is 2.25 bits per heavy atom. The van der Waals surface area contributed by atoms with Gasteiger partial charge < -0.3 is 15.6 Å². The van der Waals surface area contributed by atoms with E-state index in [4.69, 9.17) is 10.5 Å². The van der Waals surface area contributed by atoms with Gasteiger partial charge in [0.2, 0.25) is 0 Å². The van der Waals surface area contributed by atoms with E-state index in [1.165, 1.54) is 5.56 Å². The van der Waals surface area contributed by atoms with Crippen LogP contribution < -0.4 is 10.5 Å². The maximum absolute atomic E-state index is 9.33. The smallest absolute Gasteiger partial charge is 0.123 e. The van der Waals surface area contributed by atoms with E-state index in [0.717, 1.165) is 18.6 Å². The van der Waals surface area contributed by atoms with Gasteiger partial charge >= 0.3 is 0 Å². The molecule has 2 unspecified atom stereocenters. The number of rotatable bonds is 4. The zero-order valence-electron chi connectivity index (χ0n) is 9.65. The number of hydrogen-bond acceptors (Lipinski definition) is 3. The van der Waals surface area contributed by atoms with E-state index in [2.05, 4.69) is 6.07 Å². The highest BCUT2D eigenvalue weighted by Gasteiger charge is 2.31. The van der Waals surface area contributed by atoms with Gasteiger partial charge in [-0.2, -0.15) is 0 Å². The van der Waals surface area contributed by atoms with Crippen LogP contribution in [0.4, 0.5) is 0 Å². The minimum absolute atomic E-state index is 0.111. The minimum Gasteiger partial charge on any atom is -0.490 e. The van der Waals surface area contributed by atoms with Gasteiger partial charge in [-0.15, -0.1) is 0 Å². The first kappa shape index (κ1) is 11.4. The fourth-order valence-corrected chi connectivity index (χ4v) is 2.13. The van der Waals surface area contributed by atoms with Crippen molar-refractivity contribution in [3.63, 3.8) is 0 Å². The molecule has 0 fully saturated rings. The van der Waals surface area contributed by atoms with Crippen molar-refractivity contribution in [3.8, 4) is 5.75 Å². The molecule has 2 rings (SSSR count). The maximum Gasteiger partial charge on any atom is 0.123 e. The van der Waals surface area contributed by atoms with Crippen LogP contribution in [-0.4, -0.2) is 24.4 Å². The number of hydrogen-bond donors (Lipinski definition) is 2. The SMILES string of the molecule is CC(CN)(CO)CC1Cc2ccccc2O1. The first-order chi connectivity index (χ1) is 7.67. The molecule has 0 aliphatic carbocycles. The first-order valence-corrected chi connectivity index (χ1v) is 5.72. The molecule has 1 aliphatic heterocycles. The van der Waals surface area contributed by atoms with Gasteiger partial charge in [0.05, 0.1) is 0 Å². The highest BCUT2D eigenvalue weighted by atomic mass is 16.5. The third kappa shape index (κ3) is 2.20. The predicted molar refractivity (Wildman–Crippen MR) is 63.4 cm³/mol. The third-order valence-electron chi connectivity index (χ3n) is 3.31. The molecule has 1 heterocycles. The largest absolute Gasteiger partial charge is 0.490 e. The normalized spacial score (nSPS) is 22.3. The summed E-state index contributed by atoms with van der Waals surface area (Å²) in [5.41, 5.74) is 6.71. The highest BCUT2D eigenvalue weighted by Crippen LogP contribution is 2.33. The Labute approximate surface area is 96.2 Å². The van der Waals surface area contributed by atoms with Crippen LogP contribution >= 0.6 is 0 Å². The van der Waals surface area contributed by atoms with Crippen molar-refractivity contribution in [2.24, 2.45) is 11.1 Å². The van der Waals surface area contributed by atoms with Gasteiger partial charge in [0.15, 0.2) is 0 Å². The Kier molecular flexibility index (Phi) is 3.17. The van der Waals surface area contributed by atoms with Crippen LogP contribution in [0.3, 0.4) is 0 Å². The van der Waals surface area contributed by atoms with Crippen LogP contribution in [0, 0.1) is 5.41 Å². The fourth-order valence-electron chi connectivity index (χ4n) is 2.13. The lowest BCUT2D eigenvalue weighted by molar-refractivity contribution is 0.0887. The molecular weight excluding hydrogens is 202 g/mol. The number of ether oxygens (including phenoxy) is 1. The van der Waals surface area contributed by atoms with Crippen LogP contribution in [0.5, 0.6) is 5.75 Å². The van der Waals surface area contributed by atoms with Gasteiger partial charge in [0.1, 0.15) is 11.9 Å². The van der Waals surface area contributed by atoms with Crippen molar-refractivity contribution in [2.75, 3.05) is 13.2 Å². The van der Waals surface area contributed by atoms with Crippen LogP contribution in [0.2, 0.25) is 0 Å². The summed E-state index contributed by atoms with van der Waals surface area (Å²) >= 11 is 0. The zero-order valence-corrected chi connectivity index (χ0v) is 9.65. The number of fused-ring (bicyclic) bond motifs is 1. The van der Waals surface area contributed by atoms with E-state index in [-0.39, 0.29) is 18.1 Å².